The van der Waals surface area contributed by atoms with E-state index in [-0.39, 0.29) is 11.9 Å². The zero-order valence-electron chi connectivity index (χ0n) is 16.9. The van der Waals surface area contributed by atoms with E-state index >= 15 is 0 Å². The third-order valence-electron chi connectivity index (χ3n) is 4.61. The lowest BCUT2D eigenvalue weighted by atomic mass is 10.0. The number of nitrogens with zero attached hydrogens (tertiary/aromatic N) is 3. The molecular formula is C21H32N4O. The second-order valence-corrected chi connectivity index (χ2v) is 7.48. The molecule has 26 heavy (non-hydrogen) atoms. The summed E-state index contributed by atoms with van der Waals surface area (Å²) in [7, 11) is 4.08. The number of nitrogens with one attached hydrogen (secondary N) is 1. The normalized spacial score (nSPS) is 12.6. The lowest BCUT2D eigenvalue weighted by Crippen LogP contribution is -2.35. The Balaban J connectivity index is 2.13. The summed E-state index contributed by atoms with van der Waals surface area (Å²) in [4.78, 5) is 14.9. The quantitative estimate of drug-likeness (QED) is 0.788. The van der Waals surface area contributed by atoms with Crippen LogP contribution < -0.4 is 5.32 Å². The van der Waals surface area contributed by atoms with Crippen molar-refractivity contribution in [3.63, 3.8) is 0 Å². The van der Waals surface area contributed by atoms with E-state index in [2.05, 4.69) is 48.2 Å². The van der Waals surface area contributed by atoms with Gasteiger partial charge in [0, 0.05) is 13.1 Å². The van der Waals surface area contributed by atoms with Crippen LogP contribution in [0.1, 0.15) is 54.1 Å². The maximum Gasteiger partial charge on any atom is 0.269 e. The number of hydrogen-bond acceptors (Lipinski definition) is 3. The summed E-state index contributed by atoms with van der Waals surface area (Å²) in [5.74, 6) is 0.458. The van der Waals surface area contributed by atoms with Gasteiger partial charge in [-0.15, -0.1) is 0 Å². The molecule has 1 heterocycles. The summed E-state index contributed by atoms with van der Waals surface area (Å²) in [5, 5.41) is 7.68. The number of benzene rings is 1. The maximum atomic E-state index is 12.8. The zero-order chi connectivity index (χ0) is 19.3. The topological polar surface area (TPSA) is 50.2 Å². The number of aromatic nitrogens is 2. The van der Waals surface area contributed by atoms with E-state index < -0.39 is 0 Å². The molecule has 2 rings (SSSR count). The monoisotopic (exact) mass is 356 g/mol. The molecule has 2 aromatic rings. The lowest BCUT2D eigenvalue weighted by molar-refractivity contribution is 0.0931. The minimum atomic E-state index is -0.0604. The predicted octanol–water partition coefficient (Wildman–Crippen LogP) is 3.44. The molecule has 5 heteroatoms. The standard InChI is InChI=1S/C21H32N4O/c1-7-25-19(13-17(23-25)12-15(2)3)21(26)22-14-20(24(5)6)18-11-9-8-10-16(18)4/h8-11,13,15,20H,7,12,14H2,1-6H3,(H,22,26)/t20-/m0/s1. The SMILES string of the molecule is CCn1nc(CC(C)C)cc1C(=O)NC[C@@H](c1ccccc1C)N(C)C. The van der Waals surface area contributed by atoms with E-state index in [4.69, 9.17) is 0 Å². The highest BCUT2D eigenvalue weighted by atomic mass is 16.2. The van der Waals surface area contributed by atoms with Crippen LogP contribution in [-0.4, -0.2) is 41.2 Å². The summed E-state index contributed by atoms with van der Waals surface area (Å²) in [6.07, 6.45) is 0.886. The van der Waals surface area contributed by atoms with Gasteiger partial charge in [0.1, 0.15) is 5.69 Å². The Morgan fingerprint density at radius 1 is 1.27 bits per heavy atom. The van der Waals surface area contributed by atoms with Crippen LogP contribution in [0.4, 0.5) is 0 Å². The minimum absolute atomic E-state index is 0.0604. The van der Waals surface area contributed by atoms with Gasteiger partial charge in [0.2, 0.25) is 0 Å². The Morgan fingerprint density at radius 2 is 1.96 bits per heavy atom. The lowest BCUT2D eigenvalue weighted by Gasteiger charge is -2.26. The fourth-order valence-electron chi connectivity index (χ4n) is 3.22. The van der Waals surface area contributed by atoms with Gasteiger partial charge in [-0.3, -0.25) is 9.48 Å². The van der Waals surface area contributed by atoms with Crippen LogP contribution in [-0.2, 0) is 13.0 Å². The molecule has 0 spiro atoms. The van der Waals surface area contributed by atoms with Crippen molar-refractivity contribution in [3.8, 4) is 0 Å². The molecule has 0 aliphatic heterocycles. The second kappa shape index (κ2) is 8.99. The molecule has 1 amide bonds. The molecule has 0 radical (unpaired) electrons. The number of hydrogen-bond donors (Lipinski definition) is 1. The molecule has 0 fully saturated rings. The van der Waals surface area contributed by atoms with Crippen LogP contribution in [0.5, 0.6) is 0 Å². The van der Waals surface area contributed by atoms with Gasteiger partial charge in [-0.25, -0.2) is 0 Å². The third-order valence-corrected chi connectivity index (χ3v) is 4.61. The van der Waals surface area contributed by atoms with Crippen molar-refractivity contribution in [1.29, 1.82) is 0 Å². The summed E-state index contributed by atoms with van der Waals surface area (Å²) in [6.45, 7) is 9.70. The summed E-state index contributed by atoms with van der Waals surface area (Å²) in [5.41, 5.74) is 4.10. The largest absolute Gasteiger partial charge is 0.349 e. The average molecular weight is 357 g/mol. The molecule has 0 aliphatic carbocycles. The van der Waals surface area contributed by atoms with Crippen LogP contribution in [0.15, 0.2) is 30.3 Å². The van der Waals surface area contributed by atoms with E-state index in [9.17, 15) is 4.79 Å². The fourth-order valence-corrected chi connectivity index (χ4v) is 3.22. The highest BCUT2D eigenvalue weighted by Crippen LogP contribution is 2.21. The van der Waals surface area contributed by atoms with Crippen molar-refractivity contribution in [2.75, 3.05) is 20.6 Å². The van der Waals surface area contributed by atoms with E-state index in [1.54, 1.807) is 4.68 Å². The number of rotatable bonds is 8. The van der Waals surface area contributed by atoms with Crippen LogP contribution in [0.2, 0.25) is 0 Å². The van der Waals surface area contributed by atoms with Crippen LogP contribution in [0, 0.1) is 12.8 Å². The number of amides is 1. The van der Waals surface area contributed by atoms with Gasteiger partial charge in [0.25, 0.3) is 5.91 Å². The Kier molecular flexibility index (Phi) is 6.98. The van der Waals surface area contributed by atoms with E-state index in [1.165, 1.54) is 11.1 Å². The first-order chi connectivity index (χ1) is 12.3. The highest BCUT2D eigenvalue weighted by Gasteiger charge is 2.20. The molecule has 1 N–H and O–H groups in total. The molecule has 0 bridgehead atoms. The van der Waals surface area contributed by atoms with Gasteiger partial charge in [0.05, 0.1) is 11.7 Å². The first-order valence-electron chi connectivity index (χ1n) is 9.40. The van der Waals surface area contributed by atoms with Crippen molar-refractivity contribution >= 4 is 5.91 Å². The Morgan fingerprint density at radius 3 is 2.54 bits per heavy atom. The number of likely N-dealkylation sites (N-methyl/N-ethyl adjacent to an activating group) is 1. The van der Waals surface area contributed by atoms with Crippen LogP contribution >= 0.6 is 0 Å². The number of aryl methyl sites for hydroxylation is 2. The predicted molar refractivity (Wildman–Crippen MR) is 106 cm³/mol. The van der Waals surface area contributed by atoms with Crippen molar-refractivity contribution in [3.05, 3.63) is 52.8 Å². The molecule has 142 valence electrons. The van der Waals surface area contributed by atoms with Gasteiger partial charge in [-0.05, 0) is 57.5 Å². The van der Waals surface area contributed by atoms with E-state index in [0.717, 1.165) is 12.1 Å². The molecule has 0 aliphatic rings. The molecule has 5 nitrogen and oxygen atoms in total. The molecule has 1 aromatic carbocycles. The Hall–Kier alpha value is -2.14. The van der Waals surface area contributed by atoms with Crippen molar-refractivity contribution in [1.82, 2.24) is 20.0 Å². The van der Waals surface area contributed by atoms with Crippen LogP contribution in [0.25, 0.3) is 0 Å². The second-order valence-electron chi connectivity index (χ2n) is 7.48. The Labute approximate surface area is 157 Å². The molecule has 1 aromatic heterocycles. The average Bonchev–Trinajstić information content (AvgIpc) is 2.98. The number of carbonyl (C=O) groups excluding carboxylic acids is 1. The smallest absolute Gasteiger partial charge is 0.269 e. The highest BCUT2D eigenvalue weighted by molar-refractivity contribution is 5.92. The van der Waals surface area contributed by atoms with Gasteiger partial charge < -0.3 is 10.2 Å². The summed E-state index contributed by atoms with van der Waals surface area (Å²) >= 11 is 0. The van der Waals surface area contributed by atoms with Gasteiger partial charge >= 0.3 is 0 Å². The van der Waals surface area contributed by atoms with Gasteiger partial charge in [0.15, 0.2) is 0 Å². The maximum absolute atomic E-state index is 12.8. The van der Waals surface area contributed by atoms with Crippen molar-refractivity contribution < 1.29 is 4.79 Å². The summed E-state index contributed by atoms with van der Waals surface area (Å²) in [6, 6.07) is 10.4. The molecule has 0 saturated heterocycles. The Bertz CT molecular complexity index is 733. The van der Waals surface area contributed by atoms with Gasteiger partial charge in [-0.1, -0.05) is 38.1 Å². The first-order valence-corrected chi connectivity index (χ1v) is 9.40. The van der Waals surface area contributed by atoms with E-state index in [0.29, 0.717) is 24.7 Å². The molecule has 0 unspecified atom stereocenters. The number of carbonyl (C=O) groups is 1. The first kappa shape index (κ1) is 20.2. The summed E-state index contributed by atoms with van der Waals surface area (Å²) < 4.78 is 1.80. The van der Waals surface area contributed by atoms with Gasteiger partial charge in [-0.2, -0.15) is 5.10 Å². The van der Waals surface area contributed by atoms with Crippen LogP contribution in [0.3, 0.4) is 0 Å². The zero-order valence-corrected chi connectivity index (χ0v) is 16.9. The molecule has 0 saturated carbocycles. The fraction of sp³-hybridized carbons (Fsp3) is 0.524. The minimum Gasteiger partial charge on any atom is -0.349 e. The van der Waals surface area contributed by atoms with Crippen molar-refractivity contribution in [2.24, 2.45) is 5.92 Å². The van der Waals surface area contributed by atoms with Crippen molar-refractivity contribution in [2.45, 2.75) is 46.7 Å². The molecule has 1 atom stereocenters. The third kappa shape index (κ3) is 4.94. The molecular weight excluding hydrogens is 324 g/mol. The van der Waals surface area contributed by atoms with E-state index in [1.807, 2.05) is 39.2 Å².